The minimum atomic E-state index is -1.01. The van der Waals surface area contributed by atoms with E-state index in [-0.39, 0.29) is 18.6 Å². The summed E-state index contributed by atoms with van der Waals surface area (Å²) in [6.45, 7) is 3.82. The van der Waals surface area contributed by atoms with Gasteiger partial charge in [0, 0.05) is 19.5 Å². The minimum Gasteiger partial charge on any atom is -0.466 e. The zero-order chi connectivity index (χ0) is 13.3. The molecule has 6 heteroatoms. The van der Waals surface area contributed by atoms with Gasteiger partial charge in [0.05, 0.1) is 6.61 Å². The quantitative estimate of drug-likeness (QED) is 0.669. The second-order valence-electron chi connectivity index (χ2n) is 4.55. The molecule has 0 N–H and O–H groups in total. The molecule has 2 rings (SSSR count). The van der Waals surface area contributed by atoms with Crippen LogP contribution in [0.25, 0.3) is 0 Å². The summed E-state index contributed by atoms with van der Waals surface area (Å²) in [5.41, 5.74) is 0. The molecule has 0 spiro atoms. The molecule has 1 amide bonds. The van der Waals surface area contributed by atoms with Crippen LogP contribution in [0, 0.1) is 5.92 Å². The van der Waals surface area contributed by atoms with Gasteiger partial charge in [0.25, 0.3) is 5.91 Å². The lowest BCUT2D eigenvalue weighted by Crippen LogP contribution is -2.37. The molecular formula is C12H17NO5. The van der Waals surface area contributed by atoms with Gasteiger partial charge in [-0.05, 0) is 19.8 Å². The van der Waals surface area contributed by atoms with Gasteiger partial charge in [-0.25, -0.2) is 0 Å². The first-order chi connectivity index (χ1) is 8.56. The minimum absolute atomic E-state index is 0.180. The van der Waals surface area contributed by atoms with E-state index in [4.69, 9.17) is 9.47 Å². The van der Waals surface area contributed by atoms with E-state index in [0.717, 1.165) is 12.8 Å². The second kappa shape index (κ2) is 4.96. The largest absolute Gasteiger partial charge is 0.466 e. The van der Waals surface area contributed by atoms with Crippen molar-refractivity contribution >= 4 is 17.8 Å². The number of rotatable bonds is 3. The molecule has 2 aliphatic rings. The molecule has 0 bridgehead atoms. The molecule has 0 aromatic rings. The van der Waals surface area contributed by atoms with Crippen molar-refractivity contribution in [2.75, 3.05) is 13.2 Å². The molecule has 2 aliphatic heterocycles. The smallest absolute Gasteiger partial charge is 0.315 e. The zero-order valence-electron chi connectivity index (χ0n) is 10.5. The van der Waals surface area contributed by atoms with Crippen molar-refractivity contribution in [3.63, 3.8) is 0 Å². The lowest BCUT2D eigenvalue weighted by Gasteiger charge is -2.19. The van der Waals surface area contributed by atoms with E-state index in [0.29, 0.717) is 6.54 Å². The van der Waals surface area contributed by atoms with Gasteiger partial charge in [0.15, 0.2) is 6.10 Å². The van der Waals surface area contributed by atoms with E-state index in [1.54, 1.807) is 11.8 Å². The van der Waals surface area contributed by atoms with Gasteiger partial charge >= 0.3 is 11.9 Å². The van der Waals surface area contributed by atoms with Crippen LogP contribution in [0.5, 0.6) is 0 Å². The Kier molecular flexibility index (Phi) is 3.54. The Hall–Kier alpha value is -1.59. The van der Waals surface area contributed by atoms with Crippen molar-refractivity contribution < 1.29 is 23.9 Å². The van der Waals surface area contributed by atoms with Crippen LogP contribution in [0.2, 0.25) is 0 Å². The van der Waals surface area contributed by atoms with E-state index in [1.165, 1.54) is 6.92 Å². The maximum Gasteiger partial charge on any atom is 0.315 e. The van der Waals surface area contributed by atoms with Gasteiger partial charge in [-0.2, -0.15) is 0 Å². The number of ether oxygens (including phenoxy) is 2. The molecule has 0 aromatic carbocycles. The molecule has 18 heavy (non-hydrogen) atoms. The summed E-state index contributed by atoms with van der Waals surface area (Å²) < 4.78 is 9.99. The fourth-order valence-electron chi connectivity index (χ4n) is 2.78. The highest BCUT2D eigenvalue weighted by Gasteiger charge is 2.55. The number of amides is 1. The van der Waals surface area contributed by atoms with Crippen molar-refractivity contribution in [3.05, 3.63) is 0 Å². The van der Waals surface area contributed by atoms with Crippen LogP contribution in [0.1, 0.15) is 26.7 Å². The molecule has 2 saturated heterocycles. The van der Waals surface area contributed by atoms with Crippen LogP contribution >= 0.6 is 0 Å². The molecule has 0 saturated carbocycles. The van der Waals surface area contributed by atoms with E-state index in [2.05, 4.69) is 0 Å². The lowest BCUT2D eigenvalue weighted by atomic mass is 9.96. The third kappa shape index (κ3) is 2.07. The molecule has 2 fully saturated rings. The topological polar surface area (TPSA) is 72.9 Å². The van der Waals surface area contributed by atoms with Crippen molar-refractivity contribution in [2.24, 2.45) is 5.92 Å². The molecule has 2 heterocycles. The third-order valence-corrected chi connectivity index (χ3v) is 3.42. The third-order valence-electron chi connectivity index (χ3n) is 3.42. The molecule has 0 radical (unpaired) electrons. The van der Waals surface area contributed by atoms with Gasteiger partial charge in [-0.3, -0.25) is 14.4 Å². The fraction of sp³-hybridized carbons (Fsp3) is 0.750. The second-order valence-corrected chi connectivity index (χ2v) is 4.55. The number of nitrogens with zero attached hydrogens (tertiary/aromatic N) is 1. The van der Waals surface area contributed by atoms with Gasteiger partial charge < -0.3 is 14.4 Å². The van der Waals surface area contributed by atoms with Gasteiger partial charge in [0.2, 0.25) is 0 Å². The average Bonchev–Trinajstić information content (AvgIpc) is 2.83. The summed E-state index contributed by atoms with van der Waals surface area (Å²) in [6, 6.07) is -0.180. The fourth-order valence-corrected chi connectivity index (χ4v) is 2.78. The van der Waals surface area contributed by atoms with Crippen LogP contribution in [-0.4, -0.2) is 48.0 Å². The molecule has 0 aliphatic carbocycles. The van der Waals surface area contributed by atoms with Crippen LogP contribution in [0.15, 0.2) is 0 Å². The normalized spacial score (nSPS) is 30.2. The highest BCUT2D eigenvalue weighted by Crippen LogP contribution is 2.36. The zero-order valence-corrected chi connectivity index (χ0v) is 10.5. The first-order valence-corrected chi connectivity index (χ1v) is 6.20. The lowest BCUT2D eigenvalue weighted by molar-refractivity contribution is -0.163. The summed E-state index contributed by atoms with van der Waals surface area (Å²) in [7, 11) is 0. The van der Waals surface area contributed by atoms with Crippen LogP contribution < -0.4 is 0 Å². The Labute approximate surface area is 105 Å². The van der Waals surface area contributed by atoms with Gasteiger partial charge in [-0.15, -0.1) is 0 Å². The number of hydrogen-bond acceptors (Lipinski definition) is 5. The molecule has 3 atom stereocenters. The summed E-state index contributed by atoms with van der Waals surface area (Å²) in [4.78, 5) is 36.7. The van der Waals surface area contributed by atoms with Crippen LogP contribution in [-0.2, 0) is 23.9 Å². The molecule has 0 aromatic heterocycles. The standard InChI is InChI=1S/C12H17NO5/c1-3-17-12(16)9-8-5-4-6-13(8)11(15)10(9)18-7(2)14/h8-10H,3-6H2,1-2H3/t8-,9+,10+/m0/s1. The van der Waals surface area contributed by atoms with Crippen molar-refractivity contribution in [1.82, 2.24) is 4.90 Å². The Balaban J connectivity index is 2.22. The predicted molar refractivity (Wildman–Crippen MR) is 60.4 cm³/mol. The number of carbonyl (C=O) groups excluding carboxylic acids is 3. The van der Waals surface area contributed by atoms with E-state index < -0.39 is 24.0 Å². The SMILES string of the molecule is CCOC(=O)[C@H]1[C@@H](OC(C)=O)C(=O)N2CCC[C@@H]12. The van der Waals surface area contributed by atoms with E-state index in [1.807, 2.05) is 0 Å². The Morgan fingerprint density at radius 1 is 1.44 bits per heavy atom. The Morgan fingerprint density at radius 2 is 2.17 bits per heavy atom. The molecule has 0 unspecified atom stereocenters. The maximum absolute atomic E-state index is 12.1. The van der Waals surface area contributed by atoms with E-state index in [9.17, 15) is 14.4 Å². The Bertz CT molecular complexity index is 381. The number of carbonyl (C=O) groups is 3. The van der Waals surface area contributed by atoms with Crippen LogP contribution in [0.4, 0.5) is 0 Å². The van der Waals surface area contributed by atoms with Crippen LogP contribution in [0.3, 0.4) is 0 Å². The number of esters is 2. The highest BCUT2D eigenvalue weighted by molar-refractivity contribution is 5.93. The summed E-state index contributed by atoms with van der Waals surface area (Å²) in [5.74, 6) is -1.95. The summed E-state index contributed by atoms with van der Waals surface area (Å²) in [5, 5.41) is 0. The monoisotopic (exact) mass is 255 g/mol. The summed E-state index contributed by atoms with van der Waals surface area (Å²) in [6.07, 6.45) is 0.623. The van der Waals surface area contributed by atoms with Crippen molar-refractivity contribution in [2.45, 2.75) is 38.8 Å². The number of fused-ring (bicyclic) bond motifs is 1. The predicted octanol–water partition coefficient (Wildman–Crippen LogP) is 0.102. The van der Waals surface area contributed by atoms with Gasteiger partial charge in [-0.1, -0.05) is 0 Å². The average molecular weight is 255 g/mol. The number of hydrogen-bond donors (Lipinski definition) is 0. The first-order valence-electron chi connectivity index (χ1n) is 6.20. The molecular weight excluding hydrogens is 238 g/mol. The summed E-state index contributed by atoms with van der Waals surface area (Å²) >= 11 is 0. The molecule has 100 valence electrons. The maximum atomic E-state index is 12.1. The molecule has 6 nitrogen and oxygen atoms in total. The van der Waals surface area contributed by atoms with Crippen molar-refractivity contribution in [1.29, 1.82) is 0 Å². The van der Waals surface area contributed by atoms with Gasteiger partial charge in [0.1, 0.15) is 5.92 Å². The van der Waals surface area contributed by atoms with Crippen molar-refractivity contribution in [3.8, 4) is 0 Å². The van der Waals surface area contributed by atoms with E-state index >= 15 is 0 Å². The highest BCUT2D eigenvalue weighted by atomic mass is 16.6. The first kappa shape index (κ1) is 12.9. The Morgan fingerprint density at radius 3 is 2.78 bits per heavy atom.